The van der Waals surface area contributed by atoms with Crippen LogP contribution >= 0.6 is 0 Å². The molecule has 7 heteroatoms. The third-order valence-electron chi connectivity index (χ3n) is 5.79. The number of hydrogen-bond acceptors (Lipinski definition) is 4. The summed E-state index contributed by atoms with van der Waals surface area (Å²) in [7, 11) is 1.55. The van der Waals surface area contributed by atoms with Gasteiger partial charge in [-0.25, -0.2) is 0 Å². The first-order chi connectivity index (χ1) is 12.9. The molecular weight excluding hydrogens is 346 g/mol. The van der Waals surface area contributed by atoms with Crippen LogP contribution in [0.1, 0.15) is 37.4 Å². The van der Waals surface area contributed by atoms with E-state index in [0.717, 1.165) is 24.8 Å². The third kappa shape index (κ3) is 4.30. The number of likely N-dealkylation sites (tertiary alicyclic amines) is 2. The molecule has 2 aliphatic heterocycles. The molecule has 1 aromatic carbocycles. The molecule has 3 amide bonds. The lowest BCUT2D eigenvalue weighted by atomic mass is 9.72. The number of amides is 3. The van der Waals surface area contributed by atoms with Crippen LogP contribution in [0.25, 0.3) is 0 Å². The highest BCUT2D eigenvalue weighted by Crippen LogP contribution is 2.40. The Balaban J connectivity index is 1.63. The average molecular weight is 373 g/mol. The van der Waals surface area contributed by atoms with E-state index < -0.39 is 12.0 Å². The minimum atomic E-state index is -0.598. The van der Waals surface area contributed by atoms with Gasteiger partial charge in [-0.1, -0.05) is 30.3 Å². The summed E-state index contributed by atoms with van der Waals surface area (Å²) in [5.74, 6) is -0.528. The van der Waals surface area contributed by atoms with Crippen molar-refractivity contribution in [1.29, 1.82) is 0 Å². The molecule has 146 valence electrons. The van der Waals surface area contributed by atoms with Gasteiger partial charge >= 0.3 is 0 Å². The first kappa shape index (κ1) is 19.4. The summed E-state index contributed by atoms with van der Waals surface area (Å²) in [4.78, 5) is 39.6. The van der Waals surface area contributed by atoms with Crippen LogP contribution in [0.15, 0.2) is 30.3 Å². The van der Waals surface area contributed by atoms with Crippen LogP contribution in [0.5, 0.6) is 0 Å². The summed E-state index contributed by atoms with van der Waals surface area (Å²) in [5, 5.41) is 0. The number of benzene rings is 1. The maximum Gasteiger partial charge on any atom is 0.256 e. The number of nitrogens with zero attached hydrogens (tertiary/aromatic N) is 2. The molecule has 0 bridgehead atoms. The van der Waals surface area contributed by atoms with Crippen LogP contribution in [0, 0.1) is 5.41 Å². The summed E-state index contributed by atoms with van der Waals surface area (Å²) in [6, 6.07) is 9.49. The normalized spacial score (nSPS) is 20.6. The molecule has 0 aromatic heterocycles. The number of hydrogen-bond donors (Lipinski definition) is 1. The Bertz CT molecular complexity index is 698. The Hall–Kier alpha value is -2.41. The van der Waals surface area contributed by atoms with Gasteiger partial charge in [-0.15, -0.1) is 0 Å². The zero-order valence-electron chi connectivity index (χ0n) is 15.7. The summed E-state index contributed by atoms with van der Waals surface area (Å²) in [6.45, 7) is 1.78. The number of rotatable bonds is 5. The number of methoxy groups -OCH3 is 1. The smallest absolute Gasteiger partial charge is 0.256 e. The second-order valence-corrected chi connectivity index (χ2v) is 7.57. The van der Waals surface area contributed by atoms with E-state index in [4.69, 9.17) is 10.5 Å². The maximum atomic E-state index is 12.9. The van der Waals surface area contributed by atoms with Crippen molar-refractivity contribution in [3.63, 3.8) is 0 Å². The SMILES string of the molecule is COC(C(=O)N1CCC2(CCC(=O)N(CC(N)=O)C2)CC1)c1ccccc1. The fourth-order valence-corrected chi connectivity index (χ4v) is 4.22. The Morgan fingerprint density at radius 3 is 2.44 bits per heavy atom. The second-order valence-electron chi connectivity index (χ2n) is 7.57. The predicted octanol–water partition coefficient (Wildman–Crippen LogP) is 1.09. The zero-order chi connectivity index (χ0) is 19.4. The third-order valence-corrected chi connectivity index (χ3v) is 5.79. The molecule has 1 atom stereocenters. The van der Waals surface area contributed by atoms with Crippen molar-refractivity contribution in [3.8, 4) is 0 Å². The Labute approximate surface area is 159 Å². The molecule has 3 rings (SSSR count). The van der Waals surface area contributed by atoms with Gasteiger partial charge in [0.2, 0.25) is 11.8 Å². The first-order valence-electron chi connectivity index (χ1n) is 9.37. The van der Waals surface area contributed by atoms with Crippen molar-refractivity contribution in [1.82, 2.24) is 9.80 Å². The van der Waals surface area contributed by atoms with Crippen LogP contribution < -0.4 is 5.73 Å². The molecule has 2 N–H and O–H groups in total. The Morgan fingerprint density at radius 2 is 1.85 bits per heavy atom. The molecule has 2 saturated heterocycles. The summed E-state index contributed by atoms with van der Waals surface area (Å²) >= 11 is 0. The number of carbonyl (C=O) groups excluding carboxylic acids is 3. The van der Waals surface area contributed by atoms with Crippen LogP contribution in [-0.4, -0.2) is 60.8 Å². The van der Waals surface area contributed by atoms with Gasteiger partial charge in [-0.3, -0.25) is 14.4 Å². The van der Waals surface area contributed by atoms with E-state index in [1.807, 2.05) is 35.2 Å². The monoisotopic (exact) mass is 373 g/mol. The van der Waals surface area contributed by atoms with Gasteiger partial charge in [-0.2, -0.15) is 0 Å². The standard InChI is InChI=1S/C20H27N3O4/c1-27-18(15-5-3-2-4-6-15)19(26)22-11-9-20(10-12-22)8-7-17(25)23(14-20)13-16(21)24/h2-6,18H,7-14H2,1H3,(H2,21,24). The molecule has 2 heterocycles. The van der Waals surface area contributed by atoms with E-state index in [1.165, 1.54) is 0 Å². The Morgan fingerprint density at radius 1 is 1.19 bits per heavy atom. The molecular formula is C20H27N3O4. The zero-order valence-corrected chi connectivity index (χ0v) is 15.7. The summed E-state index contributed by atoms with van der Waals surface area (Å²) in [5.41, 5.74) is 6.09. The quantitative estimate of drug-likeness (QED) is 0.836. The van der Waals surface area contributed by atoms with E-state index in [2.05, 4.69) is 0 Å². The van der Waals surface area contributed by atoms with Crippen LogP contribution in [0.4, 0.5) is 0 Å². The first-order valence-corrected chi connectivity index (χ1v) is 9.37. The van der Waals surface area contributed by atoms with Crippen molar-refractivity contribution in [3.05, 3.63) is 35.9 Å². The highest BCUT2D eigenvalue weighted by molar-refractivity contribution is 5.84. The lowest BCUT2D eigenvalue weighted by Crippen LogP contribution is -2.54. The minimum Gasteiger partial charge on any atom is -0.368 e. The second kappa shape index (κ2) is 8.08. The van der Waals surface area contributed by atoms with Crippen LogP contribution in [0.3, 0.4) is 0 Å². The lowest BCUT2D eigenvalue weighted by molar-refractivity contribution is -0.149. The summed E-state index contributed by atoms with van der Waals surface area (Å²) in [6.07, 6.45) is 2.26. The van der Waals surface area contributed by atoms with Gasteiger partial charge < -0.3 is 20.3 Å². The highest BCUT2D eigenvalue weighted by Gasteiger charge is 2.42. The van der Waals surface area contributed by atoms with E-state index >= 15 is 0 Å². The predicted molar refractivity (Wildman–Crippen MR) is 99.4 cm³/mol. The largest absolute Gasteiger partial charge is 0.368 e. The van der Waals surface area contributed by atoms with E-state index in [0.29, 0.717) is 26.1 Å². The van der Waals surface area contributed by atoms with Gasteiger partial charge in [0, 0.05) is 33.2 Å². The molecule has 27 heavy (non-hydrogen) atoms. The molecule has 2 fully saturated rings. The van der Waals surface area contributed by atoms with Gasteiger partial charge in [0.15, 0.2) is 6.10 Å². The maximum absolute atomic E-state index is 12.9. The molecule has 2 aliphatic rings. The number of nitrogens with two attached hydrogens (primary N) is 1. The molecule has 1 aromatic rings. The number of carbonyl (C=O) groups is 3. The lowest BCUT2D eigenvalue weighted by Gasteiger charge is -2.47. The highest BCUT2D eigenvalue weighted by atomic mass is 16.5. The van der Waals surface area contributed by atoms with E-state index in [9.17, 15) is 14.4 Å². The Kier molecular flexibility index (Phi) is 5.79. The van der Waals surface area contributed by atoms with Crippen molar-refractivity contribution in [2.75, 3.05) is 33.3 Å². The van der Waals surface area contributed by atoms with Gasteiger partial charge in [0.1, 0.15) is 0 Å². The molecule has 0 aliphatic carbocycles. The average Bonchev–Trinajstić information content (AvgIpc) is 2.66. The van der Waals surface area contributed by atoms with Gasteiger partial charge in [-0.05, 0) is 30.2 Å². The number of ether oxygens (including phenoxy) is 1. The van der Waals surface area contributed by atoms with Gasteiger partial charge in [0.25, 0.3) is 5.91 Å². The van der Waals surface area contributed by atoms with E-state index in [-0.39, 0.29) is 23.8 Å². The topological polar surface area (TPSA) is 92.9 Å². The fraction of sp³-hybridized carbons (Fsp3) is 0.550. The van der Waals surface area contributed by atoms with Crippen LogP contribution in [0.2, 0.25) is 0 Å². The van der Waals surface area contributed by atoms with Crippen molar-refractivity contribution in [2.45, 2.75) is 31.8 Å². The summed E-state index contributed by atoms with van der Waals surface area (Å²) < 4.78 is 5.47. The van der Waals surface area contributed by atoms with Gasteiger partial charge in [0.05, 0.1) is 6.54 Å². The fourth-order valence-electron chi connectivity index (χ4n) is 4.22. The van der Waals surface area contributed by atoms with Crippen LogP contribution in [-0.2, 0) is 19.1 Å². The van der Waals surface area contributed by atoms with Crippen molar-refractivity contribution < 1.29 is 19.1 Å². The molecule has 1 unspecified atom stereocenters. The minimum absolute atomic E-state index is 0.0125. The van der Waals surface area contributed by atoms with Crippen molar-refractivity contribution in [2.24, 2.45) is 11.1 Å². The van der Waals surface area contributed by atoms with Crippen molar-refractivity contribution >= 4 is 17.7 Å². The molecule has 0 radical (unpaired) electrons. The number of primary amides is 1. The van der Waals surface area contributed by atoms with E-state index in [1.54, 1.807) is 12.0 Å². The number of piperidine rings is 2. The molecule has 7 nitrogen and oxygen atoms in total. The molecule has 1 spiro atoms. The molecule has 0 saturated carbocycles.